The Morgan fingerprint density at radius 3 is 0.979 bits per heavy atom. The van der Waals surface area contributed by atoms with Crippen molar-refractivity contribution < 1.29 is 35.8 Å². The summed E-state index contributed by atoms with van der Waals surface area (Å²) in [6.07, 6.45) is 2.19. The van der Waals surface area contributed by atoms with Crippen molar-refractivity contribution in [3.63, 3.8) is 0 Å². The maximum atomic E-state index is 13.1. The number of rotatable bonds is 18. The monoisotopic (exact) mass is 694 g/mol. The third-order valence-electron chi connectivity index (χ3n) is 7.59. The predicted molar refractivity (Wildman–Crippen MR) is 187 cm³/mol. The Labute approximate surface area is 285 Å². The van der Waals surface area contributed by atoms with E-state index in [9.17, 15) is 16.8 Å². The van der Waals surface area contributed by atoms with E-state index in [4.69, 9.17) is 18.9 Å². The fourth-order valence-corrected chi connectivity index (χ4v) is 7.10. The van der Waals surface area contributed by atoms with Crippen LogP contribution >= 0.6 is 0 Å². The van der Waals surface area contributed by atoms with Crippen molar-refractivity contribution in [1.29, 1.82) is 0 Å². The van der Waals surface area contributed by atoms with Crippen molar-refractivity contribution in [3.8, 4) is 23.0 Å². The summed E-state index contributed by atoms with van der Waals surface area (Å²) >= 11 is 0. The van der Waals surface area contributed by atoms with Crippen LogP contribution in [0.25, 0.3) is 0 Å². The molecule has 4 aromatic carbocycles. The molecular weight excluding hydrogens is 649 g/mol. The van der Waals surface area contributed by atoms with Crippen molar-refractivity contribution in [2.24, 2.45) is 11.8 Å². The van der Waals surface area contributed by atoms with Gasteiger partial charge in [-0.05, 0) is 129 Å². The van der Waals surface area contributed by atoms with Crippen LogP contribution in [0, 0.1) is 11.8 Å². The van der Waals surface area contributed by atoms with E-state index in [1.165, 1.54) is 24.3 Å². The van der Waals surface area contributed by atoms with E-state index in [0.29, 0.717) is 61.1 Å². The van der Waals surface area contributed by atoms with Gasteiger partial charge in [0.2, 0.25) is 19.7 Å². The van der Waals surface area contributed by atoms with Crippen molar-refractivity contribution in [3.05, 3.63) is 97.1 Å². The normalized spacial score (nSPS) is 12.6. The lowest BCUT2D eigenvalue weighted by Crippen LogP contribution is -2.16. The molecule has 0 bridgehead atoms. The topological polar surface area (TPSA) is 105 Å². The molecule has 0 aliphatic rings. The van der Waals surface area contributed by atoms with Gasteiger partial charge in [-0.25, -0.2) is 16.8 Å². The van der Waals surface area contributed by atoms with Crippen molar-refractivity contribution in [1.82, 2.24) is 0 Å². The first kappa shape index (κ1) is 36.8. The maximum Gasteiger partial charge on any atom is 0.206 e. The highest BCUT2D eigenvalue weighted by atomic mass is 32.2. The summed E-state index contributed by atoms with van der Waals surface area (Å²) in [6, 6.07) is 25.6. The van der Waals surface area contributed by atoms with Gasteiger partial charge in [0.15, 0.2) is 0 Å². The van der Waals surface area contributed by atoms with Crippen LogP contribution in [0.15, 0.2) is 117 Å². The highest BCUT2D eigenvalue weighted by molar-refractivity contribution is 7.91. The van der Waals surface area contributed by atoms with E-state index in [1.54, 1.807) is 72.8 Å². The van der Waals surface area contributed by atoms with Gasteiger partial charge in [0.05, 0.1) is 45.5 Å². The fourth-order valence-electron chi connectivity index (χ4n) is 4.57. The van der Waals surface area contributed by atoms with Gasteiger partial charge < -0.3 is 18.9 Å². The minimum atomic E-state index is -3.69. The molecule has 0 fully saturated rings. The Kier molecular flexibility index (Phi) is 12.9. The second-order valence-corrected chi connectivity index (χ2v) is 16.4. The first-order valence-electron chi connectivity index (χ1n) is 16.3. The molecule has 1 unspecified atom stereocenters. The average molecular weight is 695 g/mol. The maximum absolute atomic E-state index is 13.1. The largest absolute Gasteiger partial charge is 0.494 e. The van der Waals surface area contributed by atoms with E-state index in [2.05, 4.69) is 27.7 Å². The fraction of sp³-hybridized carbons (Fsp3) is 0.368. The van der Waals surface area contributed by atoms with Gasteiger partial charge in [-0.15, -0.1) is 0 Å². The molecule has 1 atom stereocenters. The molecule has 8 nitrogen and oxygen atoms in total. The molecule has 0 radical (unpaired) electrons. The summed E-state index contributed by atoms with van der Waals surface area (Å²) in [5, 5.41) is 0. The van der Waals surface area contributed by atoms with Crippen molar-refractivity contribution in [2.45, 2.75) is 79.6 Å². The van der Waals surface area contributed by atoms with E-state index in [1.807, 2.05) is 6.92 Å². The molecular formula is C38H46O8S2. The molecule has 258 valence electrons. The van der Waals surface area contributed by atoms with Crippen LogP contribution in [0.2, 0.25) is 0 Å². The number of hydrogen-bond acceptors (Lipinski definition) is 8. The summed E-state index contributed by atoms with van der Waals surface area (Å²) in [6.45, 7) is 11.9. The number of ether oxygens (including phenoxy) is 4. The second kappa shape index (κ2) is 16.9. The highest BCUT2D eigenvalue weighted by Crippen LogP contribution is 2.27. The number of hydrogen-bond donors (Lipinski definition) is 0. The third-order valence-corrected chi connectivity index (χ3v) is 11.2. The molecule has 0 aromatic heterocycles. The third kappa shape index (κ3) is 10.5. The van der Waals surface area contributed by atoms with Crippen molar-refractivity contribution >= 4 is 19.7 Å². The molecule has 10 heteroatoms. The van der Waals surface area contributed by atoms with Crippen LogP contribution in [-0.4, -0.2) is 42.8 Å². The zero-order chi connectivity index (χ0) is 34.7. The highest BCUT2D eigenvalue weighted by Gasteiger charge is 2.19. The summed E-state index contributed by atoms with van der Waals surface area (Å²) in [5.74, 6) is 3.42. The molecule has 0 N–H and O–H groups in total. The van der Waals surface area contributed by atoms with E-state index < -0.39 is 19.7 Å². The summed E-state index contributed by atoms with van der Waals surface area (Å²) in [7, 11) is -7.37. The van der Waals surface area contributed by atoms with Gasteiger partial charge in [0, 0.05) is 6.42 Å². The van der Waals surface area contributed by atoms with E-state index >= 15 is 0 Å². The lowest BCUT2D eigenvalue weighted by atomic mass is 10.1. The zero-order valence-corrected chi connectivity index (χ0v) is 29.9. The molecule has 4 aromatic rings. The SMILES string of the molecule is CC(C)CCOc1ccc(S(=O)(=O)c2ccc(OCCC(C)Oc3ccc(S(=O)(=O)c4ccc(OCCC(C)C)cc4)cc3)cc2)cc1. The zero-order valence-electron chi connectivity index (χ0n) is 28.3. The second-order valence-electron chi connectivity index (χ2n) is 12.5. The minimum absolute atomic E-state index is 0.174. The molecule has 4 rings (SSSR count). The lowest BCUT2D eigenvalue weighted by molar-refractivity contribution is 0.177. The molecule has 0 aliphatic heterocycles. The van der Waals surface area contributed by atoms with E-state index in [0.717, 1.165) is 12.8 Å². The van der Waals surface area contributed by atoms with Gasteiger partial charge in [0.1, 0.15) is 23.0 Å². The molecule has 0 spiro atoms. The summed E-state index contributed by atoms with van der Waals surface area (Å²) in [5.41, 5.74) is 0. The molecule has 0 saturated carbocycles. The van der Waals surface area contributed by atoms with Gasteiger partial charge in [-0.3, -0.25) is 0 Å². The Balaban J connectivity index is 1.24. The standard InChI is InChI=1S/C38H46O8S2/c1-28(2)22-25-43-31-6-14-35(15-7-31)47(39,40)36-18-10-33(11-19-36)45-27-24-30(5)46-34-12-20-38(21-13-34)48(41,42)37-16-8-32(9-17-37)44-26-23-29(3)4/h6-21,28-30H,22-27H2,1-5H3. The van der Waals surface area contributed by atoms with Gasteiger partial charge in [-0.1, -0.05) is 27.7 Å². The Bertz CT molecular complexity index is 1780. The first-order valence-corrected chi connectivity index (χ1v) is 19.3. The van der Waals surface area contributed by atoms with Crippen LogP contribution in [0.4, 0.5) is 0 Å². The van der Waals surface area contributed by atoms with Crippen molar-refractivity contribution in [2.75, 3.05) is 19.8 Å². The predicted octanol–water partition coefficient (Wildman–Crippen LogP) is 8.44. The van der Waals surface area contributed by atoms with Gasteiger partial charge >= 0.3 is 0 Å². The molecule has 0 heterocycles. The Hall–Kier alpha value is -4.02. The lowest BCUT2D eigenvalue weighted by Gasteiger charge is -2.16. The average Bonchev–Trinajstić information content (AvgIpc) is 3.05. The van der Waals surface area contributed by atoms with Crippen LogP contribution < -0.4 is 18.9 Å². The molecule has 0 saturated heterocycles. The first-order chi connectivity index (χ1) is 22.8. The molecule has 48 heavy (non-hydrogen) atoms. The number of sulfone groups is 2. The number of benzene rings is 4. The van der Waals surface area contributed by atoms with Crippen LogP contribution in [-0.2, 0) is 19.7 Å². The Morgan fingerprint density at radius 2 is 0.688 bits per heavy atom. The van der Waals surface area contributed by atoms with Crippen LogP contribution in [0.3, 0.4) is 0 Å². The Morgan fingerprint density at radius 1 is 0.417 bits per heavy atom. The van der Waals surface area contributed by atoms with E-state index in [-0.39, 0.29) is 25.7 Å². The summed E-state index contributed by atoms with van der Waals surface area (Å²) in [4.78, 5) is 0.738. The molecule has 0 amide bonds. The van der Waals surface area contributed by atoms with Gasteiger partial charge in [0.25, 0.3) is 0 Å². The smallest absolute Gasteiger partial charge is 0.206 e. The molecule has 0 aliphatic carbocycles. The quantitative estimate of drug-likeness (QED) is 0.102. The van der Waals surface area contributed by atoms with Crippen LogP contribution in [0.1, 0.15) is 53.9 Å². The minimum Gasteiger partial charge on any atom is -0.494 e. The van der Waals surface area contributed by atoms with Crippen LogP contribution in [0.5, 0.6) is 23.0 Å². The van der Waals surface area contributed by atoms with Gasteiger partial charge in [-0.2, -0.15) is 0 Å². The summed E-state index contributed by atoms with van der Waals surface area (Å²) < 4.78 is 75.7.